The number of nitrogens with zero attached hydrogens (tertiary/aromatic N) is 3. The summed E-state index contributed by atoms with van der Waals surface area (Å²) in [5.41, 5.74) is 6.31. The quantitative estimate of drug-likeness (QED) is 0.869. The van der Waals surface area contributed by atoms with Gasteiger partial charge < -0.3 is 15.5 Å². The number of piperidine rings is 2. The van der Waals surface area contributed by atoms with Crippen molar-refractivity contribution in [2.75, 3.05) is 26.2 Å². The van der Waals surface area contributed by atoms with Crippen molar-refractivity contribution in [3.05, 3.63) is 35.4 Å². The molecule has 2 saturated heterocycles. The number of primary amides is 1. The summed E-state index contributed by atoms with van der Waals surface area (Å²) in [7, 11) is 0. The predicted molar refractivity (Wildman–Crippen MR) is 93.7 cm³/mol. The van der Waals surface area contributed by atoms with E-state index in [4.69, 9.17) is 11.0 Å². The molecule has 0 aliphatic carbocycles. The fourth-order valence-corrected chi connectivity index (χ4v) is 3.90. The topological polar surface area (TPSA) is 108 Å². The summed E-state index contributed by atoms with van der Waals surface area (Å²) in [4.78, 5) is 39.2. The molecule has 1 spiro atoms. The molecular weight excluding hydrogens is 332 g/mol. The molecule has 0 atom stereocenters. The van der Waals surface area contributed by atoms with Gasteiger partial charge in [0.25, 0.3) is 5.91 Å². The van der Waals surface area contributed by atoms with E-state index in [0.29, 0.717) is 37.2 Å². The molecule has 0 radical (unpaired) electrons. The molecule has 1 aromatic rings. The first kappa shape index (κ1) is 17.9. The summed E-state index contributed by atoms with van der Waals surface area (Å²) in [5.74, 6) is -0.556. The second kappa shape index (κ2) is 7.16. The van der Waals surface area contributed by atoms with Gasteiger partial charge in [0.1, 0.15) is 0 Å². The maximum Gasteiger partial charge on any atom is 0.253 e. The van der Waals surface area contributed by atoms with Crippen LogP contribution >= 0.6 is 0 Å². The Bertz CT molecular complexity index is 758. The molecule has 0 unspecified atom stereocenters. The van der Waals surface area contributed by atoms with E-state index in [1.807, 2.05) is 11.0 Å². The minimum atomic E-state index is -0.496. The zero-order chi connectivity index (χ0) is 18.7. The third-order valence-electron chi connectivity index (χ3n) is 5.47. The Morgan fingerprint density at radius 3 is 2.38 bits per heavy atom. The number of benzene rings is 1. The van der Waals surface area contributed by atoms with Gasteiger partial charge in [-0.25, -0.2) is 0 Å². The van der Waals surface area contributed by atoms with Crippen molar-refractivity contribution in [1.29, 1.82) is 5.26 Å². The summed E-state index contributed by atoms with van der Waals surface area (Å²) in [6.07, 6.45) is 2.83. The summed E-state index contributed by atoms with van der Waals surface area (Å²) in [6.45, 7) is 1.75. The van der Waals surface area contributed by atoms with Crippen LogP contribution in [-0.4, -0.2) is 53.7 Å². The van der Waals surface area contributed by atoms with Crippen molar-refractivity contribution in [2.45, 2.75) is 25.7 Å². The van der Waals surface area contributed by atoms with Gasteiger partial charge in [-0.2, -0.15) is 5.26 Å². The van der Waals surface area contributed by atoms with Crippen molar-refractivity contribution in [1.82, 2.24) is 9.80 Å². The second-order valence-corrected chi connectivity index (χ2v) is 7.20. The van der Waals surface area contributed by atoms with Crippen LogP contribution in [0.25, 0.3) is 0 Å². The van der Waals surface area contributed by atoms with E-state index in [0.717, 1.165) is 19.3 Å². The Hall–Kier alpha value is -2.88. The number of carbonyl (C=O) groups excluding carboxylic acids is 3. The molecule has 26 heavy (non-hydrogen) atoms. The Morgan fingerprint density at radius 2 is 1.81 bits per heavy atom. The van der Waals surface area contributed by atoms with Gasteiger partial charge in [-0.05, 0) is 48.9 Å². The van der Waals surface area contributed by atoms with Crippen LogP contribution < -0.4 is 5.73 Å². The number of hydrogen-bond donors (Lipinski definition) is 1. The van der Waals surface area contributed by atoms with Crippen molar-refractivity contribution >= 4 is 17.7 Å². The highest BCUT2D eigenvalue weighted by Crippen LogP contribution is 2.40. The Morgan fingerprint density at radius 1 is 1.15 bits per heavy atom. The van der Waals surface area contributed by atoms with Gasteiger partial charge in [0.05, 0.1) is 18.2 Å². The maximum absolute atomic E-state index is 12.6. The molecule has 2 aliphatic heterocycles. The summed E-state index contributed by atoms with van der Waals surface area (Å²) in [5, 5.41) is 8.85. The highest BCUT2D eigenvalue weighted by molar-refractivity contribution is 5.94. The van der Waals surface area contributed by atoms with Crippen molar-refractivity contribution in [2.24, 2.45) is 11.1 Å². The molecular formula is C19H22N4O3. The van der Waals surface area contributed by atoms with Crippen LogP contribution in [0.2, 0.25) is 0 Å². The molecule has 1 aromatic carbocycles. The number of hydrogen-bond acceptors (Lipinski definition) is 4. The Kier molecular flexibility index (Phi) is 4.94. The van der Waals surface area contributed by atoms with Crippen LogP contribution in [0.1, 0.15) is 41.6 Å². The summed E-state index contributed by atoms with van der Waals surface area (Å²) < 4.78 is 0. The lowest BCUT2D eigenvalue weighted by molar-refractivity contribution is -0.142. The molecule has 7 nitrogen and oxygen atoms in total. The standard InChI is InChI=1S/C19H22N4O3/c20-11-14-1-3-15(4-2-14)18(26)22-9-7-19(8-10-22)6-5-17(25)23(13-19)12-16(21)24/h1-4H,5-10,12-13H2,(H2,21,24). The molecule has 2 aliphatic rings. The lowest BCUT2D eigenvalue weighted by Crippen LogP contribution is -2.53. The SMILES string of the molecule is N#Cc1ccc(C(=O)N2CCC3(CCC(=O)N(CC(N)=O)C3)CC2)cc1. The monoisotopic (exact) mass is 354 g/mol. The highest BCUT2D eigenvalue weighted by Gasteiger charge is 2.42. The van der Waals surface area contributed by atoms with Gasteiger partial charge >= 0.3 is 0 Å². The van der Waals surface area contributed by atoms with Crippen LogP contribution in [0, 0.1) is 16.7 Å². The van der Waals surface area contributed by atoms with Crippen LogP contribution in [0.5, 0.6) is 0 Å². The van der Waals surface area contributed by atoms with Gasteiger partial charge in [-0.3, -0.25) is 14.4 Å². The summed E-state index contributed by atoms with van der Waals surface area (Å²) >= 11 is 0. The summed E-state index contributed by atoms with van der Waals surface area (Å²) in [6, 6.07) is 8.69. The van der Waals surface area contributed by atoms with Crippen molar-refractivity contribution in [3.8, 4) is 6.07 Å². The van der Waals surface area contributed by atoms with Gasteiger partial charge in [0, 0.05) is 31.6 Å². The second-order valence-electron chi connectivity index (χ2n) is 7.20. The number of amides is 3. The van der Waals surface area contributed by atoms with Crippen molar-refractivity contribution in [3.63, 3.8) is 0 Å². The number of nitrogens with two attached hydrogens (primary N) is 1. The van der Waals surface area contributed by atoms with Crippen LogP contribution in [0.3, 0.4) is 0 Å². The molecule has 2 fully saturated rings. The predicted octanol–water partition coefficient (Wildman–Crippen LogP) is 0.888. The van der Waals surface area contributed by atoms with E-state index in [2.05, 4.69) is 0 Å². The molecule has 2 heterocycles. The largest absolute Gasteiger partial charge is 0.368 e. The molecule has 0 saturated carbocycles. The fraction of sp³-hybridized carbons (Fsp3) is 0.474. The number of carbonyl (C=O) groups is 3. The third-order valence-corrected chi connectivity index (χ3v) is 5.47. The van der Waals surface area contributed by atoms with Gasteiger partial charge in [0.15, 0.2) is 0 Å². The van der Waals surface area contributed by atoms with Crippen LogP contribution in [0.4, 0.5) is 0 Å². The molecule has 0 bridgehead atoms. The lowest BCUT2D eigenvalue weighted by atomic mass is 9.72. The number of rotatable bonds is 3. The molecule has 3 amide bonds. The lowest BCUT2D eigenvalue weighted by Gasteiger charge is -2.47. The molecule has 2 N–H and O–H groups in total. The third kappa shape index (κ3) is 3.69. The van der Waals surface area contributed by atoms with Crippen LogP contribution in [0.15, 0.2) is 24.3 Å². The Balaban J connectivity index is 1.62. The molecule has 136 valence electrons. The first-order valence-electron chi connectivity index (χ1n) is 8.78. The van der Waals surface area contributed by atoms with Crippen LogP contribution in [-0.2, 0) is 9.59 Å². The molecule has 0 aromatic heterocycles. The number of likely N-dealkylation sites (tertiary alicyclic amines) is 2. The first-order valence-corrected chi connectivity index (χ1v) is 8.78. The average molecular weight is 354 g/mol. The van der Waals surface area contributed by atoms with E-state index in [-0.39, 0.29) is 23.8 Å². The van der Waals surface area contributed by atoms with E-state index in [1.165, 1.54) is 0 Å². The first-order chi connectivity index (χ1) is 12.4. The smallest absolute Gasteiger partial charge is 0.253 e. The normalized spacial score (nSPS) is 19.3. The van der Waals surface area contributed by atoms with E-state index >= 15 is 0 Å². The van der Waals surface area contributed by atoms with E-state index < -0.39 is 5.91 Å². The maximum atomic E-state index is 12.6. The minimum absolute atomic E-state index is 0.0227. The average Bonchev–Trinajstić information content (AvgIpc) is 2.65. The minimum Gasteiger partial charge on any atom is -0.368 e. The van der Waals surface area contributed by atoms with E-state index in [9.17, 15) is 14.4 Å². The van der Waals surface area contributed by atoms with Gasteiger partial charge in [0.2, 0.25) is 11.8 Å². The zero-order valence-corrected chi connectivity index (χ0v) is 14.6. The van der Waals surface area contributed by atoms with Gasteiger partial charge in [-0.1, -0.05) is 0 Å². The zero-order valence-electron chi connectivity index (χ0n) is 14.6. The molecule has 7 heteroatoms. The van der Waals surface area contributed by atoms with Gasteiger partial charge in [-0.15, -0.1) is 0 Å². The fourth-order valence-electron chi connectivity index (χ4n) is 3.90. The number of nitriles is 1. The highest BCUT2D eigenvalue weighted by atomic mass is 16.2. The Labute approximate surface area is 152 Å². The van der Waals surface area contributed by atoms with Crippen molar-refractivity contribution < 1.29 is 14.4 Å². The van der Waals surface area contributed by atoms with E-state index in [1.54, 1.807) is 29.2 Å². The molecule has 3 rings (SSSR count).